The second-order valence-corrected chi connectivity index (χ2v) is 4.05. The summed E-state index contributed by atoms with van der Waals surface area (Å²) >= 11 is 0. The third kappa shape index (κ3) is 1.91. The lowest BCUT2D eigenvalue weighted by molar-refractivity contribution is 0.131. The monoisotopic (exact) mass is 244 g/mol. The van der Waals surface area contributed by atoms with Crippen LogP contribution < -0.4 is 5.56 Å². The van der Waals surface area contributed by atoms with E-state index in [-0.39, 0.29) is 11.5 Å². The van der Waals surface area contributed by atoms with Gasteiger partial charge >= 0.3 is 0 Å². The standard InChI is InChI=1S/C12H12N4O2/c17-11-2-4-14-12-9(7-18-6-5-16(11)12)10-1-3-13-8-15-10/h1-4,8-9H,5-7H2. The Balaban J connectivity index is 2.13. The van der Waals surface area contributed by atoms with E-state index < -0.39 is 0 Å². The van der Waals surface area contributed by atoms with Crippen molar-refractivity contribution in [2.45, 2.75) is 12.5 Å². The summed E-state index contributed by atoms with van der Waals surface area (Å²) in [7, 11) is 0. The quantitative estimate of drug-likeness (QED) is 0.716. The molecule has 0 aliphatic carbocycles. The molecule has 3 rings (SSSR count). The van der Waals surface area contributed by atoms with Gasteiger partial charge in [0.25, 0.3) is 5.56 Å². The van der Waals surface area contributed by atoms with Crippen molar-refractivity contribution in [1.82, 2.24) is 19.5 Å². The topological polar surface area (TPSA) is 69.9 Å². The molecule has 2 aromatic heterocycles. The van der Waals surface area contributed by atoms with E-state index in [2.05, 4.69) is 15.0 Å². The Hall–Kier alpha value is -2.08. The first-order valence-electron chi connectivity index (χ1n) is 5.75. The van der Waals surface area contributed by atoms with Crippen molar-refractivity contribution >= 4 is 0 Å². The summed E-state index contributed by atoms with van der Waals surface area (Å²) in [6.07, 6.45) is 4.71. The van der Waals surface area contributed by atoms with Gasteiger partial charge in [0.15, 0.2) is 0 Å². The van der Waals surface area contributed by atoms with Crippen LogP contribution in [0.5, 0.6) is 0 Å². The molecule has 2 aromatic rings. The number of aromatic nitrogens is 4. The number of hydrogen-bond donors (Lipinski definition) is 0. The van der Waals surface area contributed by atoms with Crippen LogP contribution in [0.4, 0.5) is 0 Å². The largest absolute Gasteiger partial charge is 0.378 e. The Morgan fingerprint density at radius 3 is 3.06 bits per heavy atom. The highest BCUT2D eigenvalue weighted by Crippen LogP contribution is 2.22. The van der Waals surface area contributed by atoms with Crippen LogP contribution in [0.1, 0.15) is 17.4 Å². The maximum atomic E-state index is 11.8. The molecule has 0 fully saturated rings. The minimum Gasteiger partial charge on any atom is -0.378 e. The molecule has 6 nitrogen and oxygen atoms in total. The average molecular weight is 244 g/mol. The van der Waals surface area contributed by atoms with Gasteiger partial charge in [0.05, 0.1) is 31.4 Å². The molecule has 0 saturated carbocycles. The van der Waals surface area contributed by atoms with E-state index in [1.807, 2.05) is 6.07 Å². The lowest BCUT2D eigenvalue weighted by Gasteiger charge is -2.15. The predicted octanol–water partition coefficient (Wildman–Crippen LogP) is 0.195. The second kappa shape index (κ2) is 4.66. The molecular formula is C12H12N4O2. The summed E-state index contributed by atoms with van der Waals surface area (Å²) < 4.78 is 7.19. The van der Waals surface area contributed by atoms with E-state index >= 15 is 0 Å². The van der Waals surface area contributed by atoms with Gasteiger partial charge in [-0.15, -0.1) is 0 Å². The van der Waals surface area contributed by atoms with Crippen molar-refractivity contribution < 1.29 is 4.74 Å². The van der Waals surface area contributed by atoms with E-state index in [4.69, 9.17) is 4.74 Å². The van der Waals surface area contributed by atoms with E-state index in [0.29, 0.717) is 25.6 Å². The summed E-state index contributed by atoms with van der Waals surface area (Å²) in [5, 5.41) is 0. The van der Waals surface area contributed by atoms with E-state index in [1.165, 1.54) is 18.6 Å². The Labute approximate surface area is 103 Å². The zero-order valence-electron chi connectivity index (χ0n) is 9.69. The summed E-state index contributed by atoms with van der Waals surface area (Å²) in [4.78, 5) is 24.3. The Morgan fingerprint density at radius 2 is 2.22 bits per heavy atom. The van der Waals surface area contributed by atoms with Gasteiger partial charge in [0.1, 0.15) is 12.2 Å². The molecule has 3 heterocycles. The smallest absolute Gasteiger partial charge is 0.253 e. The summed E-state index contributed by atoms with van der Waals surface area (Å²) in [5.74, 6) is 0.586. The summed E-state index contributed by atoms with van der Waals surface area (Å²) in [6.45, 7) is 1.53. The molecule has 1 atom stereocenters. The fourth-order valence-corrected chi connectivity index (χ4v) is 2.11. The maximum absolute atomic E-state index is 11.8. The highest BCUT2D eigenvalue weighted by molar-refractivity contribution is 5.18. The van der Waals surface area contributed by atoms with Gasteiger partial charge in [-0.3, -0.25) is 9.36 Å². The predicted molar refractivity (Wildman–Crippen MR) is 63.2 cm³/mol. The summed E-state index contributed by atoms with van der Waals surface area (Å²) in [5.41, 5.74) is 0.767. The Morgan fingerprint density at radius 1 is 1.28 bits per heavy atom. The van der Waals surface area contributed by atoms with Gasteiger partial charge in [-0.1, -0.05) is 0 Å². The van der Waals surface area contributed by atoms with Gasteiger partial charge in [0, 0.05) is 18.5 Å². The first kappa shape index (κ1) is 11.0. The van der Waals surface area contributed by atoms with E-state index in [0.717, 1.165) is 5.69 Å². The molecule has 6 heteroatoms. The number of rotatable bonds is 1. The van der Waals surface area contributed by atoms with Crippen molar-refractivity contribution in [3.8, 4) is 0 Å². The zero-order valence-corrected chi connectivity index (χ0v) is 9.69. The second-order valence-electron chi connectivity index (χ2n) is 4.05. The van der Waals surface area contributed by atoms with E-state index in [1.54, 1.807) is 10.8 Å². The van der Waals surface area contributed by atoms with Crippen molar-refractivity contribution in [2.75, 3.05) is 13.2 Å². The van der Waals surface area contributed by atoms with Gasteiger partial charge in [0.2, 0.25) is 0 Å². The van der Waals surface area contributed by atoms with Gasteiger partial charge in [-0.05, 0) is 6.07 Å². The minimum absolute atomic E-state index is 0.0513. The number of nitrogens with zero attached hydrogens (tertiary/aromatic N) is 4. The molecule has 1 aliphatic heterocycles. The lowest BCUT2D eigenvalue weighted by atomic mass is 10.1. The highest BCUT2D eigenvalue weighted by atomic mass is 16.5. The van der Waals surface area contributed by atoms with Gasteiger partial charge < -0.3 is 4.74 Å². The number of ether oxygens (including phenoxy) is 1. The SMILES string of the molecule is O=c1ccnc2n1CCOCC2c1ccncn1. The number of fused-ring (bicyclic) bond motifs is 1. The molecule has 1 aliphatic rings. The van der Waals surface area contributed by atoms with Crippen molar-refractivity contribution in [1.29, 1.82) is 0 Å². The van der Waals surface area contributed by atoms with Crippen LogP contribution in [0.25, 0.3) is 0 Å². The molecule has 0 spiro atoms. The first-order chi connectivity index (χ1) is 8.86. The van der Waals surface area contributed by atoms with Crippen molar-refractivity contribution in [3.63, 3.8) is 0 Å². The van der Waals surface area contributed by atoms with Crippen molar-refractivity contribution in [3.05, 3.63) is 52.7 Å². The zero-order chi connectivity index (χ0) is 12.4. The van der Waals surface area contributed by atoms with E-state index in [9.17, 15) is 4.79 Å². The lowest BCUT2D eigenvalue weighted by Crippen LogP contribution is -2.26. The third-order valence-electron chi connectivity index (χ3n) is 2.98. The molecule has 0 amide bonds. The van der Waals surface area contributed by atoms with Crippen LogP contribution in [-0.2, 0) is 11.3 Å². The molecule has 0 saturated heterocycles. The summed E-state index contributed by atoms with van der Waals surface area (Å²) in [6, 6.07) is 3.29. The van der Waals surface area contributed by atoms with Crippen molar-refractivity contribution in [2.24, 2.45) is 0 Å². The molecule has 0 N–H and O–H groups in total. The van der Waals surface area contributed by atoms with Crippen LogP contribution in [0, 0.1) is 0 Å². The third-order valence-corrected chi connectivity index (χ3v) is 2.98. The molecule has 0 aromatic carbocycles. The van der Waals surface area contributed by atoms with Crippen LogP contribution >= 0.6 is 0 Å². The van der Waals surface area contributed by atoms with Crippen LogP contribution in [0.2, 0.25) is 0 Å². The molecule has 0 radical (unpaired) electrons. The Bertz CT molecular complexity index is 597. The minimum atomic E-state index is -0.121. The fraction of sp³-hybridized carbons (Fsp3) is 0.333. The van der Waals surface area contributed by atoms with Crippen LogP contribution in [-0.4, -0.2) is 32.7 Å². The molecule has 18 heavy (non-hydrogen) atoms. The number of hydrogen-bond acceptors (Lipinski definition) is 5. The highest BCUT2D eigenvalue weighted by Gasteiger charge is 2.23. The molecule has 1 unspecified atom stereocenters. The molecular weight excluding hydrogens is 232 g/mol. The fourth-order valence-electron chi connectivity index (χ4n) is 2.11. The average Bonchev–Trinajstić information content (AvgIpc) is 2.63. The molecule has 0 bridgehead atoms. The van der Waals surface area contributed by atoms with Crippen LogP contribution in [0.15, 0.2) is 35.6 Å². The maximum Gasteiger partial charge on any atom is 0.253 e. The van der Waals surface area contributed by atoms with Gasteiger partial charge in [-0.25, -0.2) is 15.0 Å². The Kier molecular flexibility index (Phi) is 2.85. The normalized spacial score (nSPS) is 19.0. The first-order valence-corrected chi connectivity index (χ1v) is 5.75. The van der Waals surface area contributed by atoms with Crippen LogP contribution in [0.3, 0.4) is 0 Å². The molecule has 92 valence electrons. The van der Waals surface area contributed by atoms with Gasteiger partial charge in [-0.2, -0.15) is 0 Å².